The molecule has 54 heavy (non-hydrogen) atoms. The van der Waals surface area contributed by atoms with Gasteiger partial charge >= 0.3 is 317 Å². The molecule has 0 fully saturated rings. The fourth-order valence-electron chi connectivity index (χ4n) is 10.6. The summed E-state index contributed by atoms with van der Waals surface area (Å²) < 4.78 is 11.8. The third kappa shape index (κ3) is 5.73. The van der Waals surface area contributed by atoms with Crippen molar-refractivity contribution < 1.29 is 18.3 Å². The molecular formula is C51H60Cl2Zr. The van der Waals surface area contributed by atoms with Crippen molar-refractivity contribution in [2.24, 2.45) is 5.92 Å². The molecule has 0 bridgehead atoms. The first kappa shape index (κ1) is 40.8. The summed E-state index contributed by atoms with van der Waals surface area (Å²) in [4.78, 5) is 0. The van der Waals surface area contributed by atoms with Crippen LogP contribution in [-0.4, -0.2) is 4.21 Å². The van der Waals surface area contributed by atoms with Crippen molar-refractivity contribution >= 4 is 47.7 Å². The molecule has 0 radical (unpaired) electrons. The minimum atomic E-state index is -4.94. The molecule has 8 rings (SSSR count). The summed E-state index contributed by atoms with van der Waals surface area (Å²) in [5.41, 5.74) is 15.6. The maximum absolute atomic E-state index is 5.85. The van der Waals surface area contributed by atoms with Crippen LogP contribution in [0.1, 0.15) is 128 Å². The number of hydrogen-bond acceptors (Lipinski definition) is 0. The second kappa shape index (κ2) is 12.8. The second-order valence-corrected chi connectivity index (χ2v) is 32.8. The topological polar surface area (TPSA) is 0 Å². The van der Waals surface area contributed by atoms with Gasteiger partial charge in [0.2, 0.25) is 0 Å². The Balaban J connectivity index is 0.00000249. The quantitative estimate of drug-likeness (QED) is 0.169. The molecule has 0 aliphatic heterocycles. The number of halogens is 2. The summed E-state index contributed by atoms with van der Waals surface area (Å²) in [7, 11) is 0. The third-order valence-corrected chi connectivity index (χ3v) is 31.0. The Morgan fingerprint density at radius 2 is 1.15 bits per heavy atom. The number of allylic oxidation sites excluding steroid dienone is 6. The zero-order valence-electron chi connectivity index (χ0n) is 34.6. The van der Waals surface area contributed by atoms with Gasteiger partial charge in [0.15, 0.2) is 0 Å². The predicted molar refractivity (Wildman–Crippen MR) is 240 cm³/mol. The van der Waals surface area contributed by atoms with Crippen LogP contribution in [0.15, 0.2) is 103 Å². The molecule has 0 saturated carbocycles. The molecule has 0 spiro atoms. The number of hydrogen-bond donors (Lipinski definition) is 0. The molecule has 0 nitrogen and oxygen atoms in total. The van der Waals surface area contributed by atoms with Crippen LogP contribution in [-0.2, 0) is 46.4 Å². The fourth-order valence-corrected chi connectivity index (χ4v) is 28.7. The Hall–Kier alpha value is -2.83. The van der Waals surface area contributed by atoms with Crippen LogP contribution in [0.3, 0.4) is 0 Å². The van der Waals surface area contributed by atoms with E-state index >= 15 is 0 Å². The Kier molecular flexibility index (Phi) is 9.71. The van der Waals surface area contributed by atoms with Crippen LogP contribution in [0.2, 0.25) is 0 Å². The number of rotatable bonds is 4. The van der Waals surface area contributed by atoms with Gasteiger partial charge in [-0.15, -0.1) is 24.8 Å². The van der Waals surface area contributed by atoms with E-state index in [4.69, 9.17) is 4.21 Å². The van der Waals surface area contributed by atoms with E-state index in [2.05, 4.69) is 186 Å². The molecule has 4 aromatic rings. The maximum atomic E-state index is 5.85. The molecule has 4 aliphatic rings. The van der Waals surface area contributed by atoms with E-state index in [1.165, 1.54) is 67.8 Å². The first-order valence-electron chi connectivity index (χ1n) is 19.6. The molecule has 0 amide bonds. The van der Waals surface area contributed by atoms with E-state index in [1.807, 2.05) is 0 Å². The standard InChI is InChI=1S/C23H21.2C10H13.C7H9.CH2.2ClH.Zr/c1-22(2)7-5-14-10-18-16(12-20(14)22)9-17-13-21-15(11-19(17)18)6-8-23(21,3)4;2*1-10(2,3)9-7-5-4-6-8-9;1-6-3-4-7(2)5-6;;;;/h5-7,10-13H,9H2,1-4H3;2*5-8H,1-3H3;3,5,7H,1-2H3;1H2;2*1H;. The molecule has 0 N–H and O–H groups in total. The van der Waals surface area contributed by atoms with E-state index in [9.17, 15) is 0 Å². The summed E-state index contributed by atoms with van der Waals surface area (Å²) in [6.45, 7) is 28.3. The van der Waals surface area contributed by atoms with Gasteiger partial charge < -0.3 is 0 Å². The average molecular weight is 835 g/mol. The van der Waals surface area contributed by atoms with Gasteiger partial charge in [0.05, 0.1) is 0 Å². The fraction of sp³-hybridized carbons (Fsp3) is 0.353. The molecule has 3 heteroatoms. The average Bonchev–Trinajstić information content (AvgIpc) is 3.78. The summed E-state index contributed by atoms with van der Waals surface area (Å²) in [6, 6.07) is 29.7. The van der Waals surface area contributed by atoms with Crippen molar-refractivity contribution in [3.63, 3.8) is 0 Å². The molecule has 0 aromatic heterocycles. The van der Waals surface area contributed by atoms with E-state index in [1.54, 1.807) is 6.56 Å². The zero-order chi connectivity index (χ0) is 37.4. The molecule has 1 unspecified atom stereocenters. The van der Waals surface area contributed by atoms with Gasteiger partial charge in [0.25, 0.3) is 0 Å². The zero-order valence-corrected chi connectivity index (χ0v) is 38.7. The van der Waals surface area contributed by atoms with Crippen molar-refractivity contribution in [2.75, 3.05) is 0 Å². The first-order valence-corrected chi connectivity index (χ1v) is 26.2. The molecule has 4 aliphatic carbocycles. The molecule has 0 heterocycles. The van der Waals surface area contributed by atoms with E-state index < -0.39 is 18.3 Å². The van der Waals surface area contributed by atoms with Crippen LogP contribution < -0.4 is 6.54 Å². The second-order valence-electron chi connectivity index (χ2n) is 20.0. The minimum absolute atomic E-state index is 0. The Morgan fingerprint density at radius 3 is 1.61 bits per heavy atom. The van der Waals surface area contributed by atoms with Gasteiger partial charge in [-0.2, -0.15) is 0 Å². The number of benzene rings is 4. The third-order valence-electron chi connectivity index (χ3n) is 13.6. The Bertz CT molecular complexity index is 2330. The van der Waals surface area contributed by atoms with E-state index in [-0.39, 0.29) is 46.5 Å². The molecular weight excluding hydrogens is 775 g/mol. The summed E-state index contributed by atoms with van der Waals surface area (Å²) >= 11 is -4.94. The van der Waals surface area contributed by atoms with E-state index in [0.717, 1.165) is 6.42 Å². The SMILES string of the molecule is Cl.Cl.[CH2]=[Zr]([C]1=CC(C)=CC1C)([C]1=Cc2cc3c(cc2C1(C)C)Cc1cc2c(cc1-3)C=CC2(C)C)([c]1ccc(C(C)(C)C)cc1)[c]1ccc(C(C)(C)C)cc1. The van der Waals surface area contributed by atoms with Gasteiger partial charge in [-0.25, -0.2) is 0 Å². The molecule has 1 atom stereocenters. The van der Waals surface area contributed by atoms with Crippen molar-refractivity contribution in [2.45, 2.75) is 111 Å². The van der Waals surface area contributed by atoms with Crippen molar-refractivity contribution in [3.05, 3.63) is 148 Å². The first-order chi connectivity index (χ1) is 24.1. The normalized spacial score (nSPS) is 19.1. The summed E-state index contributed by atoms with van der Waals surface area (Å²) in [5, 5.41) is 0. The predicted octanol–water partition coefficient (Wildman–Crippen LogP) is 12.9. The van der Waals surface area contributed by atoms with E-state index in [0.29, 0.717) is 5.92 Å². The van der Waals surface area contributed by atoms with Crippen LogP contribution in [0.4, 0.5) is 0 Å². The van der Waals surface area contributed by atoms with Gasteiger partial charge in [0.1, 0.15) is 0 Å². The molecule has 282 valence electrons. The van der Waals surface area contributed by atoms with Crippen LogP contribution >= 0.6 is 24.8 Å². The number of fused-ring (bicyclic) bond motifs is 5. The molecule has 4 aromatic carbocycles. The van der Waals surface area contributed by atoms with Crippen molar-refractivity contribution in [1.29, 1.82) is 0 Å². The van der Waals surface area contributed by atoms with Crippen LogP contribution in [0.5, 0.6) is 0 Å². The summed E-state index contributed by atoms with van der Waals surface area (Å²) in [5.74, 6) is 0.310. The monoisotopic (exact) mass is 832 g/mol. The van der Waals surface area contributed by atoms with Gasteiger partial charge in [-0.1, -0.05) is 0 Å². The summed E-state index contributed by atoms with van der Waals surface area (Å²) in [6.07, 6.45) is 13.4. The van der Waals surface area contributed by atoms with Crippen LogP contribution in [0, 0.1) is 5.92 Å². The van der Waals surface area contributed by atoms with Gasteiger partial charge in [0, 0.05) is 0 Å². The Labute approximate surface area is 339 Å². The molecule has 0 saturated heterocycles. The van der Waals surface area contributed by atoms with Gasteiger partial charge in [-0.3, -0.25) is 0 Å². The van der Waals surface area contributed by atoms with Crippen molar-refractivity contribution in [1.82, 2.24) is 0 Å². The van der Waals surface area contributed by atoms with Crippen molar-refractivity contribution in [3.8, 4) is 11.1 Å². The Morgan fingerprint density at radius 1 is 0.667 bits per heavy atom. The van der Waals surface area contributed by atoms with Crippen LogP contribution in [0.25, 0.3) is 23.3 Å². The van der Waals surface area contributed by atoms with Gasteiger partial charge in [-0.05, 0) is 0 Å².